The smallest absolute Gasteiger partial charge is 0.341 e. The van der Waals surface area contributed by atoms with Crippen molar-refractivity contribution in [1.29, 1.82) is 0 Å². The molecule has 0 bridgehead atoms. The molecule has 26 heavy (non-hydrogen) atoms. The van der Waals surface area contributed by atoms with Crippen LogP contribution in [0.2, 0.25) is 0 Å². The number of methoxy groups -OCH3 is 1. The summed E-state index contributed by atoms with van der Waals surface area (Å²) in [6.07, 6.45) is 0.883. The molecule has 1 aromatic heterocycles. The molecule has 0 radical (unpaired) electrons. The Morgan fingerprint density at radius 1 is 1.23 bits per heavy atom. The highest BCUT2D eigenvalue weighted by Gasteiger charge is 2.28. The van der Waals surface area contributed by atoms with Crippen LogP contribution in [0.3, 0.4) is 0 Å². The van der Waals surface area contributed by atoms with E-state index < -0.39 is 5.97 Å². The van der Waals surface area contributed by atoms with Gasteiger partial charge in [-0.1, -0.05) is 6.92 Å². The van der Waals surface area contributed by atoms with Crippen LogP contribution in [0, 0.1) is 6.92 Å². The van der Waals surface area contributed by atoms with Gasteiger partial charge in [-0.05, 0) is 58.8 Å². The molecular formula is C18H29N3O3S2. The molecule has 8 heteroatoms. The normalized spacial score (nSPS) is 11.0. The van der Waals surface area contributed by atoms with E-state index in [1.54, 1.807) is 11.8 Å². The number of thiocarbonyl (C=S) groups is 1. The van der Waals surface area contributed by atoms with E-state index in [9.17, 15) is 9.59 Å². The second kappa shape index (κ2) is 9.32. The monoisotopic (exact) mass is 399 g/mol. The Kier molecular flexibility index (Phi) is 8.02. The molecule has 1 amide bonds. The molecule has 0 aliphatic rings. The summed E-state index contributed by atoms with van der Waals surface area (Å²) in [5, 5.41) is 7.23. The van der Waals surface area contributed by atoms with Crippen LogP contribution in [0.15, 0.2) is 0 Å². The van der Waals surface area contributed by atoms with Gasteiger partial charge in [0.15, 0.2) is 5.11 Å². The van der Waals surface area contributed by atoms with Crippen molar-refractivity contribution >= 4 is 45.5 Å². The van der Waals surface area contributed by atoms with Crippen molar-refractivity contribution in [3.63, 3.8) is 0 Å². The first kappa shape index (κ1) is 22.4. The highest BCUT2D eigenvalue weighted by Crippen LogP contribution is 2.34. The summed E-state index contributed by atoms with van der Waals surface area (Å²) in [4.78, 5) is 27.3. The molecule has 0 spiro atoms. The lowest BCUT2D eigenvalue weighted by molar-refractivity contribution is 0.0601. The average Bonchev–Trinajstić information content (AvgIpc) is 2.90. The van der Waals surface area contributed by atoms with Gasteiger partial charge in [-0.25, -0.2) is 4.79 Å². The van der Waals surface area contributed by atoms with E-state index in [0.29, 0.717) is 39.2 Å². The summed E-state index contributed by atoms with van der Waals surface area (Å²) in [7, 11) is 1.33. The van der Waals surface area contributed by atoms with Crippen LogP contribution < -0.4 is 10.6 Å². The van der Waals surface area contributed by atoms with Gasteiger partial charge in [0.25, 0.3) is 5.91 Å². The molecule has 0 fully saturated rings. The molecule has 0 aromatic carbocycles. The number of ether oxygens (including phenoxy) is 1. The first-order valence-electron chi connectivity index (χ1n) is 8.71. The van der Waals surface area contributed by atoms with Gasteiger partial charge in [0.1, 0.15) is 5.00 Å². The number of anilines is 1. The molecule has 146 valence electrons. The van der Waals surface area contributed by atoms with Gasteiger partial charge < -0.3 is 20.3 Å². The number of carbonyl (C=O) groups excluding carboxylic acids is 2. The van der Waals surface area contributed by atoms with Crippen molar-refractivity contribution in [3.05, 3.63) is 16.0 Å². The maximum absolute atomic E-state index is 12.8. The van der Waals surface area contributed by atoms with E-state index >= 15 is 0 Å². The highest BCUT2D eigenvalue weighted by molar-refractivity contribution is 7.80. The van der Waals surface area contributed by atoms with E-state index in [4.69, 9.17) is 17.0 Å². The predicted octanol–water partition coefficient (Wildman–Crippen LogP) is 3.80. The fraction of sp³-hybridized carbons (Fsp3) is 0.611. The Morgan fingerprint density at radius 2 is 1.81 bits per heavy atom. The van der Waals surface area contributed by atoms with E-state index in [0.717, 1.165) is 6.42 Å². The molecule has 0 atom stereocenters. The lowest BCUT2D eigenvalue weighted by Crippen LogP contribution is -2.44. The molecule has 6 nitrogen and oxygen atoms in total. The minimum atomic E-state index is -0.489. The highest BCUT2D eigenvalue weighted by atomic mass is 32.1. The summed E-state index contributed by atoms with van der Waals surface area (Å²) in [6.45, 7) is 13.0. The van der Waals surface area contributed by atoms with Crippen molar-refractivity contribution in [2.45, 2.75) is 53.5 Å². The number of hydrogen-bond donors (Lipinski definition) is 2. The summed E-state index contributed by atoms with van der Waals surface area (Å²) in [5.41, 5.74) is 0.784. The summed E-state index contributed by atoms with van der Waals surface area (Å²) >= 11 is 6.61. The van der Waals surface area contributed by atoms with Gasteiger partial charge in [-0.2, -0.15) is 0 Å². The molecule has 0 saturated heterocycles. The second-order valence-electron chi connectivity index (χ2n) is 6.55. The molecule has 1 rings (SSSR count). The number of esters is 1. The lowest BCUT2D eigenvalue weighted by Gasteiger charge is -2.26. The molecule has 2 N–H and O–H groups in total. The largest absolute Gasteiger partial charge is 0.465 e. The van der Waals surface area contributed by atoms with Crippen LogP contribution in [0.5, 0.6) is 0 Å². The molecule has 1 aromatic rings. The number of rotatable bonds is 7. The van der Waals surface area contributed by atoms with Crippen LogP contribution >= 0.6 is 23.6 Å². The van der Waals surface area contributed by atoms with Gasteiger partial charge in [0.05, 0.1) is 17.6 Å². The minimum Gasteiger partial charge on any atom is -0.465 e. The van der Waals surface area contributed by atoms with E-state index in [1.165, 1.54) is 18.4 Å². The molecule has 1 heterocycles. The number of carbonyl (C=O) groups is 2. The van der Waals surface area contributed by atoms with Crippen LogP contribution in [-0.2, 0) is 4.74 Å². The van der Waals surface area contributed by atoms with Crippen molar-refractivity contribution in [2.24, 2.45) is 0 Å². The third kappa shape index (κ3) is 5.17. The Balaban J connectivity index is 3.26. The van der Waals surface area contributed by atoms with Crippen LogP contribution in [0.4, 0.5) is 5.00 Å². The van der Waals surface area contributed by atoms with Crippen LogP contribution in [0.1, 0.15) is 66.6 Å². The Morgan fingerprint density at radius 3 is 2.27 bits per heavy atom. The Hall–Kier alpha value is -1.67. The third-order valence-corrected chi connectivity index (χ3v) is 5.74. The van der Waals surface area contributed by atoms with Gasteiger partial charge in [0.2, 0.25) is 0 Å². The quantitative estimate of drug-likeness (QED) is 0.537. The zero-order chi connectivity index (χ0) is 20.1. The van der Waals surface area contributed by atoms with Gasteiger partial charge >= 0.3 is 5.97 Å². The predicted molar refractivity (Wildman–Crippen MR) is 111 cm³/mol. The first-order valence-corrected chi connectivity index (χ1v) is 9.94. The van der Waals surface area contributed by atoms with E-state index in [2.05, 4.69) is 17.6 Å². The topological polar surface area (TPSA) is 70.7 Å². The second-order valence-corrected chi connectivity index (χ2v) is 7.97. The summed E-state index contributed by atoms with van der Waals surface area (Å²) in [5.74, 6) is -0.583. The van der Waals surface area contributed by atoms with Crippen molar-refractivity contribution in [3.8, 4) is 0 Å². The zero-order valence-corrected chi connectivity index (χ0v) is 18.2. The molecule has 0 unspecified atom stereocenters. The van der Waals surface area contributed by atoms with Gasteiger partial charge in [-0.15, -0.1) is 11.3 Å². The fourth-order valence-corrected chi connectivity index (χ4v) is 3.95. The van der Waals surface area contributed by atoms with Crippen molar-refractivity contribution in [2.75, 3.05) is 25.5 Å². The zero-order valence-electron chi connectivity index (χ0n) is 16.6. The SMILES string of the molecule is CCN(CC)C(=O)c1sc(NC(=S)NC(C)(C)CC)c(C(=O)OC)c1C. The van der Waals surface area contributed by atoms with Crippen LogP contribution in [-0.4, -0.2) is 47.6 Å². The molecule has 0 aliphatic carbocycles. The number of hydrogen-bond acceptors (Lipinski definition) is 5. The van der Waals surface area contributed by atoms with Crippen LogP contribution in [0.25, 0.3) is 0 Å². The maximum atomic E-state index is 12.8. The number of amides is 1. The van der Waals surface area contributed by atoms with E-state index in [-0.39, 0.29) is 11.4 Å². The summed E-state index contributed by atoms with van der Waals surface area (Å²) in [6, 6.07) is 0. The molecule has 0 aliphatic heterocycles. The fourth-order valence-electron chi connectivity index (χ4n) is 2.34. The maximum Gasteiger partial charge on any atom is 0.341 e. The number of thiophene rings is 1. The number of nitrogens with zero attached hydrogens (tertiary/aromatic N) is 1. The molecular weight excluding hydrogens is 370 g/mol. The Labute approximate surface area is 165 Å². The van der Waals surface area contributed by atoms with Gasteiger partial charge in [0, 0.05) is 18.6 Å². The molecule has 0 saturated carbocycles. The lowest BCUT2D eigenvalue weighted by atomic mass is 10.0. The Bertz CT molecular complexity index is 679. The van der Waals surface area contributed by atoms with Crippen molar-refractivity contribution in [1.82, 2.24) is 10.2 Å². The standard InChI is InChI=1S/C18H29N3O3S2/c1-8-18(5,6)20-17(25)19-14-12(16(23)24-7)11(4)13(26-14)15(22)21(9-2)10-3/h8-10H2,1-7H3,(H2,19,20,25). The first-order chi connectivity index (χ1) is 12.1. The van der Waals surface area contributed by atoms with Gasteiger partial charge in [-0.3, -0.25) is 4.79 Å². The summed E-state index contributed by atoms with van der Waals surface area (Å²) < 4.78 is 4.91. The average molecular weight is 400 g/mol. The third-order valence-electron chi connectivity index (χ3n) is 4.34. The minimum absolute atomic E-state index is 0.0940. The van der Waals surface area contributed by atoms with E-state index in [1.807, 2.05) is 27.7 Å². The number of nitrogens with one attached hydrogen (secondary N) is 2. The van der Waals surface area contributed by atoms with Crippen molar-refractivity contribution < 1.29 is 14.3 Å².